The number of nitrogens with one attached hydrogen (secondary N) is 1. The molecule has 0 aromatic rings. The topological polar surface area (TPSA) is 95.9 Å². The number of esters is 1. The van der Waals surface area contributed by atoms with Crippen LogP contribution < -0.4 is 5.32 Å². The first-order valence-electron chi connectivity index (χ1n) is 27.7. The Morgan fingerprint density at radius 1 is 0.444 bits per heavy atom. The Bertz CT molecular complexity index is 1020. The molecule has 370 valence electrons. The van der Waals surface area contributed by atoms with Gasteiger partial charge in [0.1, 0.15) is 0 Å². The van der Waals surface area contributed by atoms with E-state index >= 15 is 0 Å². The van der Waals surface area contributed by atoms with Crippen molar-refractivity contribution in [1.29, 1.82) is 0 Å². The van der Waals surface area contributed by atoms with Gasteiger partial charge in [-0.3, -0.25) is 9.59 Å². The van der Waals surface area contributed by atoms with Crippen molar-refractivity contribution < 1.29 is 24.5 Å². The highest BCUT2D eigenvalue weighted by molar-refractivity contribution is 5.76. The van der Waals surface area contributed by atoms with Crippen LogP contribution in [0.25, 0.3) is 0 Å². The van der Waals surface area contributed by atoms with Crippen LogP contribution >= 0.6 is 0 Å². The van der Waals surface area contributed by atoms with E-state index in [0.717, 1.165) is 83.5 Å². The van der Waals surface area contributed by atoms with Gasteiger partial charge in [0.05, 0.1) is 25.4 Å². The predicted octanol–water partition coefficient (Wildman–Crippen LogP) is 16.9. The van der Waals surface area contributed by atoms with Crippen LogP contribution in [0.5, 0.6) is 0 Å². The van der Waals surface area contributed by atoms with Crippen molar-refractivity contribution in [1.82, 2.24) is 5.32 Å². The third-order valence-corrected chi connectivity index (χ3v) is 12.7. The Labute approximate surface area is 392 Å². The monoisotopic (exact) mass is 886 g/mol. The molecule has 0 rings (SSSR count). The molecule has 0 fully saturated rings. The Kier molecular flexibility index (Phi) is 51.1. The number of carbonyl (C=O) groups excluding carboxylic acids is 2. The minimum absolute atomic E-state index is 0.0231. The summed E-state index contributed by atoms with van der Waals surface area (Å²) < 4.78 is 5.45. The molecule has 2 atom stereocenters. The standard InChI is InChI=1S/C57H107NO5/c1-3-5-7-9-11-13-15-17-18-23-27-31-35-39-43-47-51-57(62)63-52-48-44-40-36-32-28-24-21-19-20-22-26-30-34-38-42-46-50-56(61)58-54(53-59)55(60)49-45-41-37-33-29-25-16-14-12-10-8-6-4-2/h18-19,21,23,28,32,54-55,59-60H,3-17,20,22,24-27,29-31,33-53H2,1-2H3,(H,58,61)/b21-19-,23-18-,32-28-. The molecule has 0 aromatic carbocycles. The zero-order valence-corrected chi connectivity index (χ0v) is 42.1. The Morgan fingerprint density at radius 2 is 0.794 bits per heavy atom. The first-order chi connectivity index (χ1) is 31.0. The first-order valence-corrected chi connectivity index (χ1v) is 27.7. The Morgan fingerprint density at radius 3 is 1.22 bits per heavy atom. The summed E-state index contributed by atoms with van der Waals surface area (Å²) in [5.41, 5.74) is 0. The molecule has 0 spiro atoms. The van der Waals surface area contributed by atoms with Crippen molar-refractivity contribution in [2.45, 2.75) is 302 Å². The summed E-state index contributed by atoms with van der Waals surface area (Å²) in [6.45, 7) is 4.90. The Balaban J connectivity index is 3.50. The van der Waals surface area contributed by atoms with Crippen molar-refractivity contribution in [3.8, 4) is 0 Å². The number of hydrogen-bond acceptors (Lipinski definition) is 5. The first kappa shape index (κ1) is 61.1. The minimum atomic E-state index is -0.674. The highest BCUT2D eigenvalue weighted by Gasteiger charge is 2.20. The fraction of sp³-hybridized carbons (Fsp3) is 0.860. The summed E-state index contributed by atoms with van der Waals surface area (Å²) in [5.74, 6) is -0.0749. The molecule has 0 heterocycles. The summed E-state index contributed by atoms with van der Waals surface area (Å²) in [5, 5.41) is 23.2. The summed E-state index contributed by atoms with van der Waals surface area (Å²) >= 11 is 0. The molecule has 6 nitrogen and oxygen atoms in total. The number of allylic oxidation sites excluding steroid dienone is 6. The van der Waals surface area contributed by atoms with Crippen molar-refractivity contribution in [2.75, 3.05) is 13.2 Å². The second-order valence-corrected chi connectivity index (χ2v) is 18.9. The smallest absolute Gasteiger partial charge is 0.305 e. The molecule has 0 aromatic heterocycles. The normalized spacial score (nSPS) is 12.9. The molecule has 0 aliphatic carbocycles. The van der Waals surface area contributed by atoms with Gasteiger partial charge >= 0.3 is 5.97 Å². The Hall–Kier alpha value is -1.92. The van der Waals surface area contributed by atoms with Crippen LogP contribution in [0.2, 0.25) is 0 Å². The molecule has 0 saturated heterocycles. The number of aliphatic hydroxyl groups is 2. The fourth-order valence-corrected chi connectivity index (χ4v) is 8.37. The van der Waals surface area contributed by atoms with Crippen LogP contribution in [0, 0.1) is 0 Å². The van der Waals surface area contributed by atoms with Crippen LogP contribution in [0.1, 0.15) is 290 Å². The molecule has 0 aliphatic rings. The van der Waals surface area contributed by atoms with Crippen molar-refractivity contribution in [2.24, 2.45) is 0 Å². The predicted molar refractivity (Wildman–Crippen MR) is 273 cm³/mol. The molecule has 3 N–H and O–H groups in total. The summed E-state index contributed by atoms with van der Waals surface area (Å²) in [6, 6.07) is -0.553. The lowest BCUT2D eigenvalue weighted by molar-refractivity contribution is -0.143. The molecule has 0 bridgehead atoms. The molecular formula is C57H107NO5. The van der Waals surface area contributed by atoms with E-state index in [1.54, 1.807) is 0 Å². The van der Waals surface area contributed by atoms with E-state index in [1.807, 2.05) is 0 Å². The summed E-state index contributed by atoms with van der Waals surface area (Å²) in [4.78, 5) is 24.5. The largest absolute Gasteiger partial charge is 0.466 e. The van der Waals surface area contributed by atoms with Crippen molar-refractivity contribution in [3.63, 3.8) is 0 Å². The highest BCUT2D eigenvalue weighted by atomic mass is 16.5. The number of aliphatic hydroxyl groups excluding tert-OH is 2. The minimum Gasteiger partial charge on any atom is -0.466 e. The van der Waals surface area contributed by atoms with E-state index in [-0.39, 0.29) is 18.5 Å². The van der Waals surface area contributed by atoms with E-state index in [9.17, 15) is 19.8 Å². The zero-order valence-electron chi connectivity index (χ0n) is 42.1. The molecule has 1 amide bonds. The third-order valence-electron chi connectivity index (χ3n) is 12.7. The quantitative estimate of drug-likeness (QED) is 0.0321. The van der Waals surface area contributed by atoms with Gasteiger partial charge in [-0.15, -0.1) is 0 Å². The average Bonchev–Trinajstić information content (AvgIpc) is 3.28. The molecule has 0 aliphatic heterocycles. The molecule has 0 radical (unpaired) electrons. The second kappa shape index (κ2) is 52.7. The molecular weight excluding hydrogens is 779 g/mol. The van der Waals surface area contributed by atoms with Crippen molar-refractivity contribution in [3.05, 3.63) is 36.5 Å². The van der Waals surface area contributed by atoms with Crippen LogP contribution in [0.3, 0.4) is 0 Å². The molecule has 2 unspecified atom stereocenters. The molecule has 0 saturated carbocycles. The van der Waals surface area contributed by atoms with Crippen molar-refractivity contribution >= 4 is 11.9 Å². The van der Waals surface area contributed by atoms with E-state index in [1.165, 1.54) is 173 Å². The van der Waals surface area contributed by atoms with Gasteiger partial charge in [0, 0.05) is 12.8 Å². The van der Waals surface area contributed by atoms with Gasteiger partial charge in [0.15, 0.2) is 0 Å². The van der Waals surface area contributed by atoms with E-state index in [4.69, 9.17) is 4.74 Å². The SMILES string of the molecule is CCCCCCCCC/C=C\CCCCCCCC(=O)OCCCCC/C=C\C/C=C\CCCCCCCCCC(=O)NC(CO)C(O)CCCCCCCCCCCCCCC. The van der Waals surface area contributed by atoms with Crippen LogP contribution in [-0.4, -0.2) is 47.4 Å². The maximum atomic E-state index is 12.4. The summed E-state index contributed by atoms with van der Waals surface area (Å²) in [6.07, 6.45) is 64.1. The average molecular weight is 886 g/mol. The molecule has 6 heteroatoms. The maximum Gasteiger partial charge on any atom is 0.305 e. The number of ether oxygens (including phenoxy) is 1. The number of amides is 1. The fourth-order valence-electron chi connectivity index (χ4n) is 8.37. The zero-order chi connectivity index (χ0) is 45.8. The number of rotatable bonds is 51. The third kappa shape index (κ3) is 49.4. The lowest BCUT2D eigenvalue weighted by Gasteiger charge is -2.22. The number of unbranched alkanes of at least 4 members (excludes halogenated alkanes) is 34. The highest BCUT2D eigenvalue weighted by Crippen LogP contribution is 2.16. The maximum absolute atomic E-state index is 12.4. The van der Waals surface area contributed by atoms with Crippen LogP contribution in [-0.2, 0) is 14.3 Å². The van der Waals surface area contributed by atoms with Crippen LogP contribution in [0.4, 0.5) is 0 Å². The van der Waals surface area contributed by atoms with Gasteiger partial charge in [-0.05, 0) is 89.9 Å². The van der Waals surface area contributed by atoms with Crippen LogP contribution in [0.15, 0.2) is 36.5 Å². The lowest BCUT2D eigenvalue weighted by atomic mass is 10.0. The second-order valence-electron chi connectivity index (χ2n) is 18.9. The lowest BCUT2D eigenvalue weighted by Crippen LogP contribution is -2.45. The van der Waals surface area contributed by atoms with Gasteiger partial charge in [-0.2, -0.15) is 0 Å². The van der Waals surface area contributed by atoms with Gasteiger partial charge in [-0.1, -0.05) is 224 Å². The van der Waals surface area contributed by atoms with Gasteiger partial charge in [0.25, 0.3) is 0 Å². The number of hydrogen-bond donors (Lipinski definition) is 3. The van der Waals surface area contributed by atoms with E-state index in [0.29, 0.717) is 25.9 Å². The summed E-state index contributed by atoms with van der Waals surface area (Å²) in [7, 11) is 0. The number of carbonyl (C=O) groups is 2. The van der Waals surface area contributed by atoms with Gasteiger partial charge in [0.2, 0.25) is 5.91 Å². The van der Waals surface area contributed by atoms with E-state index < -0.39 is 12.1 Å². The molecule has 63 heavy (non-hydrogen) atoms. The van der Waals surface area contributed by atoms with E-state index in [2.05, 4.69) is 55.6 Å². The van der Waals surface area contributed by atoms with Gasteiger partial charge < -0.3 is 20.3 Å². The van der Waals surface area contributed by atoms with Gasteiger partial charge in [-0.25, -0.2) is 0 Å².